The number of carbonyl (C=O) groups excluding carboxylic acids is 2. The van der Waals surface area contributed by atoms with Crippen LogP contribution >= 0.6 is 0 Å². The van der Waals surface area contributed by atoms with E-state index in [0.717, 1.165) is 0 Å². The summed E-state index contributed by atoms with van der Waals surface area (Å²) in [6.07, 6.45) is 0. The van der Waals surface area contributed by atoms with E-state index >= 15 is 0 Å². The number of para-hydroxylation sites is 2. The molecule has 0 bridgehead atoms. The maximum atomic E-state index is 13.0. The largest absolute Gasteiger partial charge is 0.272 e. The molecule has 0 saturated carbocycles. The number of hydrogen-bond donors (Lipinski definition) is 0. The zero-order chi connectivity index (χ0) is 16.6. The van der Waals surface area contributed by atoms with E-state index in [2.05, 4.69) is 0 Å². The van der Waals surface area contributed by atoms with Crippen LogP contribution in [0.25, 0.3) is 0 Å². The molecule has 4 heteroatoms. The second kappa shape index (κ2) is 5.54. The molecule has 1 aliphatic rings. The van der Waals surface area contributed by atoms with Gasteiger partial charge < -0.3 is 0 Å². The molecule has 0 N–H and O–H groups in total. The highest BCUT2D eigenvalue weighted by atomic mass is 16.2. The van der Waals surface area contributed by atoms with Crippen molar-refractivity contribution in [1.29, 1.82) is 0 Å². The Balaban J connectivity index is 2.14. The number of hydrazine groups is 1. The average Bonchev–Trinajstić information content (AvgIpc) is 2.79. The Morgan fingerprint density at radius 2 is 1.04 bits per heavy atom. The van der Waals surface area contributed by atoms with Gasteiger partial charge in [0.15, 0.2) is 0 Å². The molecule has 4 nitrogen and oxygen atoms in total. The van der Waals surface area contributed by atoms with E-state index in [9.17, 15) is 9.59 Å². The molecule has 3 rings (SSSR count). The van der Waals surface area contributed by atoms with E-state index < -0.39 is 11.3 Å². The molecule has 0 aliphatic carbocycles. The first-order valence-electron chi connectivity index (χ1n) is 7.69. The first-order valence-corrected chi connectivity index (χ1v) is 7.69. The summed E-state index contributed by atoms with van der Waals surface area (Å²) in [5.41, 5.74) is 0.952. The summed E-state index contributed by atoms with van der Waals surface area (Å²) in [5, 5.41) is 2.99. The first-order chi connectivity index (χ1) is 10.9. The standard InChI is InChI=1S/C19H20N2O2/c1-19(2,3)16-17(22)20(14-10-6-4-7-11-14)21(18(16)23)15-12-8-5-9-13-15/h4-13,16H,1-3H3. The SMILES string of the molecule is CC(C)(C)C1C(=O)N(c2ccccc2)N(c2ccccc2)C1=O. The average molecular weight is 308 g/mol. The first kappa shape index (κ1) is 15.3. The van der Waals surface area contributed by atoms with Crippen LogP contribution in [0.4, 0.5) is 11.4 Å². The van der Waals surface area contributed by atoms with E-state index in [0.29, 0.717) is 11.4 Å². The molecule has 1 fully saturated rings. The van der Waals surface area contributed by atoms with Crippen LogP contribution in [0.2, 0.25) is 0 Å². The van der Waals surface area contributed by atoms with Crippen molar-refractivity contribution in [2.24, 2.45) is 11.3 Å². The van der Waals surface area contributed by atoms with Gasteiger partial charge in [0.25, 0.3) is 11.8 Å². The van der Waals surface area contributed by atoms with Crippen molar-refractivity contribution in [2.75, 3.05) is 10.0 Å². The second-order valence-electron chi connectivity index (χ2n) is 6.77. The van der Waals surface area contributed by atoms with Gasteiger partial charge in [0.05, 0.1) is 11.4 Å². The van der Waals surface area contributed by atoms with Crippen LogP contribution in [0.3, 0.4) is 0 Å². The van der Waals surface area contributed by atoms with Crippen molar-refractivity contribution in [3.05, 3.63) is 60.7 Å². The van der Waals surface area contributed by atoms with Gasteiger partial charge in [-0.1, -0.05) is 57.2 Å². The molecule has 1 saturated heterocycles. The minimum atomic E-state index is -0.692. The zero-order valence-electron chi connectivity index (χ0n) is 13.6. The lowest BCUT2D eigenvalue weighted by molar-refractivity contribution is -0.131. The summed E-state index contributed by atoms with van der Waals surface area (Å²) in [6.45, 7) is 5.77. The Morgan fingerprint density at radius 1 is 0.696 bits per heavy atom. The Morgan fingerprint density at radius 3 is 1.35 bits per heavy atom. The third kappa shape index (κ3) is 2.61. The predicted octanol–water partition coefficient (Wildman–Crippen LogP) is 3.64. The second-order valence-corrected chi connectivity index (χ2v) is 6.77. The summed E-state index contributed by atoms with van der Waals surface area (Å²) >= 11 is 0. The number of nitrogens with zero attached hydrogens (tertiary/aromatic N) is 2. The van der Waals surface area contributed by atoms with Crippen molar-refractivity contribution in [3.8, 4) is 0 Å². The number of hydrogen-bond acceptors (Lipinski definition) is 2. The maximum Gasteiger partial charge on any atom is 0.259 e. The molecule has 0 unspecified atom stereocenters. The molecule has 118 valence electrons. The van der Waals surface area contributed by atoms with E-state index in [1.807, 2.05) is 81.4 Å². The Kier molecular flexibility index (Phi) is 3.68. The van der Waals surface area contributed by atoms with E-state index in [1.165, 1.54) is 10.0 Å². The normalized spacial score (nSPS) is 16.3. The molecular formula is C19H20N2O2. The lowest BCUT2D eigenvalue weighted by Gasteiger charge is -2.27. The lowest BCUT2D eigenvalue weighted by atomic mass is 9.80. The van der Waals surface area contributed by atoms with Crippen LogP contribution < -0.4 is 10.0 Å². The zero-order valence-corrected chi connectivity index (χ0v) is 13.6. The van der Waals surface area contributed by atoms with Gasteiger partial charge in [0, 0.05) is 0 Å². The van der Waals surface area contributed by atoms with Gasteiger partial charge in [-0.2, -0.15) is 0 Å². The van der Waals surface area contributed by atoms with Crippen molar-refractivity contribution in [1.82, 2.24) is 0 Å². The Hall–Kier alpha value is -2.62. The summed E-state index contributed by atoms with van der Waals surface area (Å²) in [6, 6.07) is 18.6. The van der Waals surface area contributed by atoms with Gasteiger partial charge in [-0.15, -0.1) is 0 Å². The van der Waals surface area contributed by atoms with Crippen LogP contribution in [0, 0.1) is 11.3 Å². The lowest BCUT2D eigenvalue weighted by Crippen LogP contribution is -2.41. The molecule has 1 aliphatic heterocycles. The van der Waals surface area contributed by atoms with Gasteiger partial charge in [-0.3, -0.25) is 9.59 Å². The molecular weight excluding hydrogens is 288 g/mol. The Bertz CT molecular complexity index is 663. The van der Waals surface area contributed by atoms with Crippen LogP contribution in [0.5, 0.6) is 0 Å². The molecule has 2 amide bonds. The number of carbonyl (C=O) groups is 2. The van der Waals surface area contributed by atoms with Crippen molar-refractivity contribution >= 4 is 23.2 Å². The van der Waals surface area contributed by atoms with E-state index in [-0.39, 0.29) is 11.8 Å². The highest BCUT2D eigenvalue weighted by Crippen LogP contribution is 2.39. The number of benzene rings is 2. The van der Waals surface area contributed by atoms with E-state index in [4.69, 9.17) is 0 Å². The van der Waals surface area contributed by atoms with Crippen LogP contribution in [0.15, 0.2) is 60.7 Å². The van der Waals surface area contributed by atoms with Gasteiger partial charge in [0.2, 0.25) is 0 Å². The predicted molar refractivity (Wildman–Crippen MR) is 90.8 cm³/mol. The summed E-state index contributed by atoms with van der Waals surface area (Å²) in [5.74, 6) is -1.06. The molecule has 0 atom stereocenters. The van der Waals surface area contributed by atoms with Crippen molar-refractivity contribution in [3.63, 3.8) is 0 Å². The molecule has 0 aromatic heterocycles. The fraction of sp³-hybridized carbons (Fsp3) is 0.263. The third-order valence-electron chi connectivity index (χ3n) is 3.98. The van der Waals surface area contributed by atoms with Gasteiger partial charge >= 0.3 is 0 Å². The van der Waals surface area contributed by atoms with Gasteiger partial charge in [-0.25, -0.2) is 10.0 Å². The molecule has 0 radical (unpaired) electrons. The van der Waals surface area contributed by atoms with Gasteiger partial charge in [0.1, 0.15) is 5.92 Å². The highest BCUT2D eigenvalue weighted by molar-refractivity contribution is 6.23. The van der Waals surface area contributed by atoms with Crippen molar-refractivity contribution < 1.29 is 9.59 Å². The summed E-state index contributed by atoms with van der Waals surface area (Å²) in [4.78, 5) is 26.0. The van der Waals surface area contributed by atoms with Crippen LogP contribution in [-0.4, -0.2) is 11.8 Å². The fourth-order valence-corrected chi connectivity index (χ4v) is 2.91. The minimum absolute atomic E-state index is 0.183. The molecule has 1 heterocycles. The number of anilines is 2. The van der Waals surface area contributed by atoms with Crippen LogP contribution in [0.1, 0.15) is 20.8 Å². The minimum Gasteiger partial charge on any atom is -0.272 e. The molecule has 2 aromatic carbocycles. The molecule has 2 aromatic rings. The maximum absolute atomic E-state index is 13.0. The molecule has 0 spiro atoms. The van der Waals surface area contributed by atoms with Crippen molar-refractivity contribution in [2.45, 2.75) is 20.8 Å². The number of amides is 2. The summed E-state index contributed by atoms with van der Waals surface area (Å²) in [7, 11) is 0. The summed E-state index contributed by atoms with van der Waals surface area (Å²) < 4.78 is 0. The Labute approximate surface area is 136 Å². The molecule has 23 heavy (non-hydrogen) atoms. The fourth-order valence-electron chi connectivity index (χ4n) is 2.91. The smallest absolute Gasteiger partial charge is 0.259 e. The van der Waals surface area contributed by atoms with Crippen LogP contribution in [-0.2, 0) is 9.59 Å². The highest BCUT2D eigenvalue weighted by Gasteiger charge is 2.52. The van der Waals surface area contributed by atoms with Gasteiger partial charge in [-0.05, 0) is 29.7 Å². The number of rotatable bonds is 2. The quantitative estimate of drug-likeness (QED) is 0.795. The topological polar surface area (TPSA) is 40.6 Å². The van der Waals surface area contributed by atoms with E-state index in [1.54, 1.807) is 0 Å². The third-order valence-corrected chi connectivity index (χ3v) is 3.98. The monoisotopic (exact) mass is 308 g/mol.